The predicted octanol–water partition coefficient (Wildman–Crippen LogP) is 2.88. The molecule has 3 N–H and O–H groups in total. The van der Waals surface area contributed by atoms with Crippen LogP contribution < -0.4 is 19.9 Å². The van der Waals surface area contributed by atoms with E-state index in [-0.39, 0.29) is 28.8 Å². The Hall–Kier alpha value is -2.13. The average Bonchev–Trinajstić information content (AvgIpc) is 3.20. The Bertz CT molecular complexity index is 1010. The second kappa shape index (κ2) is 11.5. The monoisotopic (exact) mass is 468 g/mol. The van der Waals surface area contributed by atoms with Crippen molar-refractivity contribution in [1.82, 2.24) is 5.32 Å². The first kappa shape index (κ1) is 25.1. The minimum absolute atomic E-state index is 0. The molecular formula is C22H29ClN2O5S. The van der Waals surface area contributed by atoms with E-state index in [4.69, 9.17) is 14.6 Å². The van der Waals surface area contributed by atoms with Crippen LogP contribution >= 0.6 is 12.4 Å². The lowest BCUT2D eigenvalue weighted by Crippen LogP contribution is -2.19. The third kappa shape index (κ3) is 6.67. The summed E-state index contributed by atoms with van der Waals surface area (Å²) >= 11 is 0. The van der Waals surface area contributed by atoms with E-state index < -0.39 is 10.0 Å². The van der Waals surface area contributed by atoms with Gasteiger partial charge in [-0.1, -0.05) is 18.2 Å². The number of carbonyl (C=O) groups excluding carboxylic acids is 1. The van der Waals surface area contributed by atoms with Crippen molar-refractivity contribution in [2.45, 2.75) is 37.0 Å². The molecule has 9 heteroatoms. The number of nitrogens with one attached hydrogen (secondary N) is 1. The summed E-state index contributed by atoms with van der Waals surface area (Å²) in [6, 6.07) is 11.0. The molecule has 0 radical (unpaired) electrons. The minimum Gasteiger partial charge on any atom is -0.496 e. The zero-order valence-corrected chi connectivity index (χ0v) is 19.2. The van der Waals surface area contributed by atoms with Gasteiger partial charge in [0.05, 0.1) is 13.7 Å². The summed E-state index contributed by atoms with van der Waals surface area (Å²) < 4.78 is 34.4. The van der Waals surface area contributed by atoms with Crippen LogP contribution in [0.15, 0.2) is 41.3 Å². The van der Waals surface area contributed by atoms with Crippen molar-refractivity contribution in [2.75, 3.05) is 26.8 Å². The molecule has 1 heterocycles. The van der Waals surface area contributed by atoms with Gasteiger partial charge in [0.2, 0.25) is 10.0 Å². The van der Waals surface area contributed by atoms with Crippen LogP contribution in [0.25, 0.3) is 0 Å². The number of unbranched alkanes of at least 4 members (excludes halogenated alkanes) is 1. The fourth-order valence-corrected chi connectivity index (χ4v) is 4.32. The molecule has 0 amide bonds. The molecule has 1 aliphatic rings. The summed E-state index contributed by atoms with van der Waals surface area (Å²) in [6.07, 6.45) is 3.38. The molecule has 0 atom stereocenters. The van der Waals surface area contributed by atoms with E-state index in [0.717, 1.165) is 49.2 Å². The molecule has 0 saturated carbocycles. The van der Waals surface area contributed by atoms with E-state index in [1.807, 2.05) is 18.2 Å². The highest BCUT2D eigenvalue weighted by Crippen LogP contribution is 2.34. The van der Waals surface area contributed by atoms with E-state index in [1.165, 1.54) is 6.07 Å². The molecule has 170 valence electrons. The fourth-order valence-electron chi connectivity index (χ4n) is 3.58. The van der Waals surface area contributed by atoms with Crippen molar-refractivity contribution in [3.8, 4) is 11.5 Å². The van der Waals surface area contributed by atoms with Crippen molar-refractivity contribution < 1.29 is 22.7 Å². The zero-order valence-electron chi connectivity index (χ0n) is 17.6. The highest BCUT2D eigenvalue weighted by atomic mass is 35.5. The van der Waals surface area contributed by atoms with Crippen molar-refractivity contribution in [2.24, 2.45) is 5.14 Å². The number of benzene rings is 2. The maximum absolute atomic E-state index is 12.6. The number of fused-ring (bicyclic) bond motifs is 1. The number of Topliss-reactive ketones (excluding diaryl/α,β-unsaturated/α-hetero) is 1. The number of ether oxygens (including phenoxy) is 2. The van der Waals surface area contributed by atoms with E-state index in [1.54, 1.807) is 13.2 Å². The van der Waals surface area contributed by atoms with Crippen LogP contribution in [-0.4, -0.2) is 41.0 Å². The van der Waals surface area contributed by atoms with Crippen LogP contribution in [0.5, 0.6) is 11.5 Å². The number of carbonyl (C=O) groups is 1. The zero-order chi connectivity index (χ0) is 21.6. The van der Waals surface area contributed by atoms with Gasteiger partial charge in [0.1, 0.15) is 16.4 Å². The first-order valence-electron chi connectivity index (χ1n) is 10.1. The van der Waals surface area contributed by atoms with Crippen LogP contribution in [0, 0.1) is 0 Å². The van der Waals surface area contributed by atoms with Crippen LogP contribution in [0.2, 0.25) is 0 Å². The topological polar surface area (TPSA) is 108 Å². The summed E-state index contributed by atoms with van der Waals surface area (Å²) in [5.41, 5.74) is 2.27. The van der Waals surface area contributed by atoms with Gasteiger partial charge in [-0.3, -0.25) is 4.79 Å². The number of nitrogens with two attached hydrogens (primary N) is 1. The second-order valence-electron chi connectivity index (χ2n) is 7.30. The molecular weight excluding hydrogens is 440 g/mol. The summed E-state index contributed by atoms with van der Waals surface area (Å²) in [6.45, 7) is 2.04. The summed E-state index contributed by atoms with van der Waals surface area (Å²) in [5.74, 6) is 1.10. The van der Waals surface area contributed by atoms with E-state index in [2.05, 4.69) is 11.4 Å². The number of primary sulfonamides is 1. The van der Waals surface area contributed by atoms with Crippen LogP contribution in [-0.2, 0) is 22.9 Å². The second-order valence-corrected chi connectivity index (χ2v) is 8.83. The molecule has 2 aromatic rings. The van der Waals surface area contributed by atoms with Crippen LogP contribution in [0.3, 0.4) is 0 Å². The molecule has 0 aliphatic carbocycles. The molecule has 0 saturated heterocycles. The SMILES string of the molecule is COc1ccccc1CCNCCCCC(=O)c1cc2c(c(S(N)(=O)=O)c1)OCC2.Cl. The van der Waals surface area contributed by atoms with Crippen LogP contribution in [0.1, 0.15) is 40.7 Å². The number of halogens is 1. The molecule has 0 bridgehead atoms. The average molecular weight is 469 g/mol. The quantitative estimate of drug-likeness (QED) is 0.388. The largest absolute Gasteiger partial charge is 0.496 e. The van der Waals surface area contributed by atoms with Gasteiger partial charge in [0.15, 0.2) is 5.78 Å². The minimum atomic E-state index is -3.94. The summed E-state index contributed by atoms with van der Waals surface area (Å²) in [4.78, 5) is 12.5. The molecule has 0 fully saturated rings. The molecule has 3 rings (SSSR count). The fraction of sp³-hybridized carbons (Fsp3) is 0.409. The molecule has 31 heavy (non-hydrogen) atoms. The molecule has 0 spiro atoms. The van der Waals surface area contributed by atoms with Gasteiger partial charge in [-0.15, -0.1) is 12.4 Å². The Balaban J connectivity index is 0.00000341. The number of rotatable bonds is 11. The van der Waals surface area contributed by atoms with E-state index in [9.17, 15) is 13.2 Å². The Morgan fingerprint density at radius 3 is 2.71 bits per heavy atom. The van der Waals surface area contributed by atoms with Gasteiger partial charge in [0, 0.05) is 18.4 Å². The maximum atomic E-state index is 12.6. The molecule has 0 unspecified atom stereocenters. The molecule has 7 nitrogen and oxygen atoms in total. The van der Waals surface area contributed by atoms with Gasteiger partial charge in [-0.2, -0.15) is 0 Å². The normalized spacial score (nSPS) is 12.6. The van der Waals surface area contributed by atoms with Crippen molar-refractivity contribution in [3.63, 3.8) is 0 Å². The van der Waals surface area contributed by atoms with Gasteiger partial charge in [-0.05, 0) is 61.7 Å². The van der Waals surface area contributed by atoms with Gasteiger partial charge in [-0.25, -0.2) is 13.6 Å². The van der Waals surface area contributed by atoms with Crippen molar-refractivity contribution in [1.29, 1.82) is 0 Å². The number of ketones is 1. The van der Waals surface area contributed by atoms with Crippen molar-refractivity contribution >= 4 is 28.2 Å². The van der Waals surface area contributed by atoms with E-state index in [0.29, 0.717) is 25.0 Å². The lowest BCUT2D eigenvalue weighted by molar-refractivity contribution is 0.0979. The standard InChI is InChI=1S/C22H28N2O5S.ClH/c1-28-20-8-3-2-6-16(20)9-12-24-11-5-4-7-19(25)18-14-17-10-13-29-22(17)21(15-18)30(23,26)27;/h2-3,6,8,14-15,24H,4-5,7,9-13H2,1H3,(H2,23,26,27);1H. The molecule has 0 aromatic heterocycles. The molecule has 1 aliphatic heterocycles. The third-order valence-corrected chi connectivity index (χ3v) is 6.07. The summed E-state index contributed by atoms with van der Waals surface area (Å²) in [7, 11) is -2.27. The molecule has 2 aromatic carbocycles. The van der Waals surface area contributed by atoms with Gasteiger partial charge in [0.25, 0.3) is 0 Å². The van der Waals surface area contributed by atoms with Crippen molar-refractivity contribution in [3.05, 3.63) is 53.1 Å². The highest BCUT2D eigenvalue weighted by Gasteiger charge is 2.25. The number of hydrogen-bond acceptors (Lipinski definition) is 6. The summed E-state index contributed by atoms with van der Waals surface area (Å²) in [5, 5.41) is 8.67. The lowest BCUT2D eigenvalue weighted by atomic mass is 10.0. The number of sulfonamides is 1. The third-order valence-electron chi connectivity index (χ3n) is 5.15. The Morgan fingerprint density at radius 1 is 1.19 bits per heavy atom. The number of hydrogen-bond donors (Lipinski definition) is 2. The number of para-hydroxylation sites is 1. The highest BCUT2D eigenvalue weighted by molar-refractivity contribution is 7.89. The predicted molar refractivity (Wildman–Crippen MR) is 122 cm³/mol. The smallest absolute Gasteiger partial charge is 0.241 e. The maximum Gasteiger partial charge on any atom is 0.241 e. The Kier molecular flexibility index (Phi) is 9.31. The van der Waals surface area contributed by atoms with Crippen LogP contribution in [0.4, 0.5) is 0 Å². The van der Waals surface area contributed by atoms with Gasteiger partial charge >= 0.3 is 0 Å². The number of methoxy groups -OCH3 is 1. The Labute approximate surface area is 189 Å². The Morgan fingerprint density at radius 2 is 1.97 bits per heavy atom. The van der Waals surface area contributed by atoms with E-state index >= 15 is 0 Å². The lowest BCUT2D eigenvalue weighted by Gasteiger charge is -2.10. The van der Waals surface area contributed by atoms with Gasteiger partial charge < -0.3 is 14.8 Å². The first-order valence-corrected chi connectivity index (χ1v) is 11.6. The first-order chi connectivity index (χ1) is 14.4.